The number of amides is 1. The average molecular weight is 300 g/mol. The molecule has 1 atom stereocenters. The number of nitrogens with one attached hydrogen (secondary N) is 2. The predicted octanol–water partition coefficient (Wildman–Crippen LogP) is 2.53. The van der Waals surface area contributed by atoms with E-state index >= 15 is 0 Å². The molecule has 6 nitrogen and oxygen atoms in total. The quantitative estimate of drug-likeness (QED) is 0.859. The number of hydrogen-bond donors (Lipinski definition) is 2. The SMILES string of the molecule is Cc1c(NC(=O)[C@@H](C)OCC2CC2)n[nH]c1-c1ccncc1. The molecule has 3 rings (SSSR count). The monoisotopic (exact) mass is 300 g/mol. The Hall–Kier alpha value is -2.21. The van der Waals surface area contributed by atoms with E-state index in [1.165, 1.54) is 12.8 Å². The molecule has 2 N–H and O–H groups in total. The van der Waals surface area contributed by atoms with E-state index < -0.39 is 6.10 Å². The van der Waals surface area contributed by atoms with Crippen molar-refractivity contribution in [3.05, 3.63) is 30.1 Å². The molecular weight excluding hydrogens is 280 g/mol. The fraction of sp³-hybridized carbons (Fsp3) is 0.438. The molecule has 0 unspecified atom stereocenters. The largest absolute Gasteiger partial charge is 0.368 e. The number of hydrogen-bond acceptors (Lipinski definition) is 4. The Bertz CT molecular complexity index is 649. The Morgan fingerprint density at radius 2 is 2.18 bits per heavy atom. The first kappa shape index (κ1) is 14.7. The van der Waals surface area contributed by atoms with Crippen LogP contribution >= 0.6 is 0 Å². The summed E-state index contributed by atoms with van der Waals surface area (Å²) in [5.41, 5.74) is 2.76. The number of ether oxygens (including phenoxy) is 1. The molecule has 0 aliphatic heterocycles. The van der Waals surface area contributed by atoms with E-state index in [1.807, 2.05) is 19.1 Å². The molecular formula is C16H20N4O2. The molecule has 0 radical (unpaired) electrons. The summed E-state index contributed by atoms with van der Waals surface area (Å²) in [5, 5.41) is 9.97. The standard InChI is InChI=1S/C16H20N4O2/c1-10-14(13-5-7-17-8-6-13)19-20-15(10)18-16(21)11(2)22-9-12-3-4-12/h5-8,11-12H,3-4,9H2,1-2H3,(H2,18,19,20,21)/t11-/m1/s1. The van der Waals surface area contributed by atoms with E-state index in [4.69, 9.17) is 4.74 Å². The summed E-state index contributed by atoms with van der Waals surface area (Å²) in [5.74, 6) is 1.01. The second-order valence-corrected chi connectivity index (χ2v) is 5.72. The van der Waals surface area contributed by atoms with Crippen molar-refractivity contribution >= 4 is 11.7 Å². The zero-order chi connectivity index (χ0) is 15.5. The predicted molar refractivity (Wildman–Crippen MR) is 83.3 cm³/mol. The third-order valence-electron chi connectivity index (χ3n) is 3.87. The van der Waals surface area contributed by atoms with Gasteiger partial charge in [-0.1, -0.05) is 0 Å². The van der Waals surface area contributed by atoms with Crippen molar-refractivity contribution < 1.29 is 9.53 Å². The van der Waals surface area contributed by atoms with Crippen LogP contribution in [0.25, 0.3) is 11.3 Å². The van der Waals surface area contributed by atoms with E-state index in [2.05, 4.69) is 20.5 Å². The van der Waals surface area contributed by atoms with Crippen LogP contribution in [0.1, 0.15) is 25.3 Å². The van der Waals surface area contributed by atoms with Gasteiger partial charge in [0, 0.05) is 23.5 Å². The number of carbonyl (C=O) groups excluding carboxylic acids is 1. The Labute approximate surface area is 129 Å². The van der Waals surface area contributed by atoms with Gasteiger partial charge in [-0.25, -0.2) is 0 Å². The van der Waals surface area contributed by atoms with Crippen LogP contribution in [-0.2, 0) is 9.53 Å². The maximum absolute atomic E-state index is 12.1. The molecule has 1 amide bonds. The lowest BCUT2D eigenvalue weighted by Crippen LogP contribution is -2.28. The third-order valence-corrected chi connectivity index (χ3v) is 3.87. The van der Waals surface area contributed by atoms with Gasteiger partial charge in [-0.05, 0) is 44.7 Å². The normalized spacial score (nSPS) is 15.5. The maximum atomic E-state index is 12.1. The van der Waals surface area contributed by atoms with Crippen molar-refractivity contribution in [2.45, 2.75) is 32.8 Å². The molecule has 22 heavy (non-hydrogen) atoms. The number of nitrogens with zero attached hydrogens (tertiary/aromatic N) is 2. The Morgan fingerprint density at radius 1 is 1.45 bits per heavy atom. The first-order chi connectivity index (χ1) is 10.6. The van der Waals surface area contributed by atoms with Gasteiger partial charge in [0.15, 0.2) is 5.82 Å². The molecule has 0 aromatic carbocycles. The van der Waals surface area contributed by atoms with Crippen LogP contribution in [0.4, 0.5) is 5.82 Å². The van der Waals surface area contributed by atoms with Gasteiger partial charge in [-0.2, -0.15) is 5.10 Å². The fourth-order valence-corrected chi connectivity index (χ4v) is 2.18. The number of carbonyl (C=O) groups is 1. The summed E-state index contributed by atoms with van der Waals surface area (Å²) in [6.45, 7) is 4.35. The van der Waals surface area contributed by atoms with Crippen molar-refractivity contribution in [1.29, 1.82) is 0 Å². The highest BCUT2D eigenvalue weighted by molar-refractivity contribution is 5.94. The van der Waals surface area contributed by atoms with Crippen molar-refractivity contribution in [2.24, 2.45) is 5.92 Å². The zero-order valence-corrected chi connectivity index (χ0v) is 12.8. The lowest BCUT2D eigenvalue weighted by Gasteiger charge is -2.12. The summed E-state index contributed by atoms with van der Waals surface area (Å²) in [7, 11) is 0. The molecule has 6 heteroatoms. The molecule has 0 saturated heterocycles. The van der Waals surface area contributed by atoms with Crippen LogP contribution in [0, 0.1) is 12.8 Å². The van der Waals surface area contributed by atoms with Gasteiger partial charge in [-0.15, -0.1) is 0 Å². The Morgan fingerprint density at radius 3 is 2.86 bits per heavy atom. The van der Waals surface area contributed by atoms with Crippen LogP contribution in [0.2, 0.25) is 0 Å². The highest BCUT2D eigenvalue weighted by Crippen LogP contribution is 2.29. The van der Waals surface area contributed by atoms with Crippen LogP contribution in [0.15, 0.2) is 24.5 Å². The molecule has 1 aliphatic carbocycles. The van der Waals surface area contributed by atoms with Gasteiger partial charge in [0.1, 0.15) is 6.10 Å². The van der Waals surface area contributed by atoms with E-state index in [-0.39, 0.29) is 5.91 Å². The first-order valence-corrected chi connectivity index (χ1v) is 7.53. The van der Waals surface area contributed by atoms with E-state index in [1.54, 1.807) is 19.3 Å². The van der Waals surface area contributed by atoms with Gasteiger partial charge >= 0.3 is 0 Å². The van der Waals surface area contributed by atoms with Gasteiger partial charge in [0.05, 0.1) is 12.3 Å². The van der Waals surface area contributed by atoms with Crippen LogP contribution in [0.5, 0.6) is 0 Å². The molecule has 116 valence electrons. The Kier molecular flexibility index (Phi) is 4.20. The molecule has 1 aliphatic rings. The fourth-order valence-electron chi connectivity index (χ4n) is 2.18. The number of aromatic amines is 1. The molecule has 1 saturated carbocycles. The second-order valence-electron chi connectivity index (χ2n) is 5.72. The maximum Gasteiger partial charge on any atom is 0.254 e. The number of aromatic nitrogens is 3. The van der Waals surface area contributed by atoms with Gasteiger partial charge in [0.2, 0.25) is 0 Å². The Balaban J connectivity index is 1.65. The average Bonchev–Trinajstić information content (AvgIpc) is 3.30. The zero-order valence-electron chi connectivity index (χ0n) is 12.8. The second kappa shape index (κ2) is 6.27. The van der Waals surface area contributed by atoms with Crippen molar-refractivity contribution in [3.8, 4) is 11.3 Å². The van der Waals surface area contributed by atoms with E-state index in [0.29, 0.717) is 18.3 Å². The lowest BCUT2D eigenvalue weighted by atomic mass is 10.1. The number of rotatable bonds is 6. The molecule has 0 spiro atoms. The van der Waals surface area contributed by atoms with Crippen molar-refractivity contribution in [2.75, 3.05) is 11.9 Å². The minimum Gasteiger partial charge on any atom is -0.368 e. The summed E-state index contributed by atoms with van der Waals surface area (Å²) in [6, 6.07) is 3.79. The van der Waals surface area contributed by atoms with Crippen molar-refractivity contribution in [1.82, 2.24) is 15.2 Å². The lowest BCUT2D eigenvalue weighted by molar-refractivity contribution is -0.126. The molecule has 1 fully saturated rings. The number of pyridine rings is 1. The van der Waals surface area contributed by atoms with Gasteiger partial charge in [-0.3, -0.25) is 14.9 Å². The summed E-state index contributed by atoms with van der Waals surface area (Å²) in [4.78, 5) is 16.1. The minimum atomic E-state index is -0.471. The first-order valence-electron chi connectivity index (χ1n) is 7.53. The molecule has 2 aromatic heterocycles. The third kappa shape index (κ3) is 3.33. The minimum absolute atomic E-state index is 0.170. The molecule has 0 bridgehead atoms. The number of anilines is 1. The van der Waals surface area contributed by atoms with Gasteiger partial charge < -0.3 is 10.1 Å². The van der Waals surface area contributed by atoms with E-state index in [9.17, 15) is 4.79 Å². The van der Waals surface area contributed by atoms with Crippen LogP contribution in [0.3, 0.4) is 0 Å². The molecule has 2 heterocycles. The van der Waals surface area contributed by atoms with Gasteiger partial charge in [0.25, 0.3) is 5.91 Å². The summed E-state index contributed by atoms with van der Waals surface area (Å²) >= 11 is 0. The van der Waals surface area contributed by atoms with Crippen LogP contribution < -0.4 is 5.32 Å². The topological polar surface area (TPSA) is 79.9 Å². The smallest absolute Gasteiger partial charge is 0.254 e. The number of H-pyrrole nitrogens is 1. The van der Waals surface area contributed by atoms with E-state index in [0.717, 1.165) is 16.8 Å². The molecule has 2 aromatic rings. The van der Waals surface area contributed by atoms with Crippen molar-refractivity contribution in [3.63, 3.8) is 0 Å². The van der Waals surface area contributed by atoms with Crippen LogP contribution in [-0.4, -0.2) is 33.8 Å². The summed E-state index contributed by atoms with van der Waals surface area (Å²) < 4.78 is 5.57. The highest BCUT2D eigenvalue weighted by atomic mass is 16.5. The highest BCUT2D eigenvalue weighted by Gasteiger charge is 2.24. The summed E-state index contributed by atoms with van der Waals surface area (Å²) in [6.07, 6.45) is 5.40.